The number of rotatable bonds is 11. The van der Waals surface area contributed by atoms with Gasteiger partial charge in [0, 0.05) is 12.3 Å². The van der Waals surface area contributed by atoms with Crippen LogP contribution in [0.1, 0.15) is 37.6 Å². The zero-order valence-electron chi connectivity index (χ0n) is 16.4. The Hall–Kier alpha value is -2.53. The fourth-order valence-corrected chi connectivity index (χ4v) is 2.38. The van der Waals surface area contributed by atoms with Crippen molar-refractivity contribution >= 4 is 11.6 Å². The van der Waals surface area contributed by atoms with Crippen molar-refractivity contribution in [2.24, 2.45) is 5.92 Å². The Morgan fingerprint density at radius 1 is 0.963 bits per heavy atom. The third-order valence-electron chi connectivity index (χ3n) is 3.90. The molecule has 0 unspecified atom stereocenters. The first kappa shape index (κ1) is 20.8. The summed E-state index contributed by atoms with van der Waals surface area (Å²) in [6.45, 7) is 8.57. The van der Waals surface area contributed by atoms with E-state index in [2.05, 4.69) is 19.2 Å². The molecule has 0 aliphatic heterocycles. The molecule has 2 aromatic carbocycles. The predicted molar refractivity (Wildman–Crippen MR) is 108 cm³/mol. The molecule has 0 radical (unpaired) electrons. The Kier molecular flexibility index (Phi) is 8.65. The quantitative estimate of drug-likeness (QED) is 0.578. The van der Waals surface area contributed by atoms with Crippen LogP contribution in [0, 0.1) is 5.92 Å². The van der Waals surface area contributed by atoms with Gasteiger partial charge in [-0.2, -0.15) is 0 Å². The lowest BCUT2D eigenvalue weighted by molar-refractivity contribution is 0.102. The molecule has 0 aliphatic carbocycles. The SMILES string of the molecule is CCOCCOc1ccc(NC(=O)c2ccccc2OCCC(C)C)cc1. The maximum absolute atomic E-state index is 12.6. The number of nitrogens with one attached hydrogen (secondary N) is 1. The molecule has 0 bridgehead atoms. The molecule has 0 fully saturated rings. The van der Waals surface area contributed by atoms with Gasteiger partial charge in [-0.3, -0.25) is 4.79 Å². The van der Waals surface area contributed by atoms with Crippen LogP contribution in [0.15, 0.2) is 48.5 Å². The summed E-state index contributed by atoms with van der Waals surface area (Å²) in [4.78, 5) is 12.6. The van der Waals surface area contributed by atoms with E-state index < -0.39 is 0 Å². The zero-order chi connectivity index (χ0) is 19.5. The van der Waals surface area contributed by atoms with Gasteiger partial charge in [-0.05, 0) is 55.7 Å². The van der Waals surface area contributed by atoms with Crippen molar-refractivity contribution in [1.29, 1.82) is 0 Å². The molecule has 1 amide bonds. The fourth-order valence-electron chi connectivity index (χ4n) is 2.38. The number of carbonyl (C=O) groups excluding carboxylic acids is 1. The number of benzene rings is 2. The van der Waals surface area contributed by atoms with Crippen molar-refractivity contribution in [3.63, 3.8) is 0 Å². The highest BCUT2D eigenvalue weighted by molar-refractivity contribution is 6.06. The van der Waals surface area contributed by atoms with Crippen LogP contribution in [0.2, 0.25) is 0 Å². The van der Waals surface area contributed by atoms with Crippen LogP contribution in [0.4, 0.5) is 5.69 Å². The number of anilines is 1. The van der Waals surface area contributed by atoms with Crippen molar-refractivity contribution in [3.8, 4) is 11.5 Å². The first-order valence-electron chi connectivity index (χ1n) is 9.44. The van der Waals surface area contributed by atoms with Gasteiger partial charge in [0.2, 0.25) is 0 Å². The second-order valence-corrected chi connectivity index (χ2v) is 6.55. The first-order valence-corrected chi connectivity index (χ1v) is 9.44. The van der Waals surface area contributed by atoms with E-state index in [9.17, 15) is 4.79 Å². The van der Waals surface area contributed by atoms with Gasteiger partial charge in [-0.25, -0.2) is 0 Å². The minimum Gasteiger partial charge on any atom is -0.493 e. The van der Waals surface area contributed by atoms with E-state index in [-0.39, 0.29) is 5.91 Å². The zero-order valence-corrected chi connectivity index (χ0v) is 16.4. The van der Waals surface area contributed by atoms with Crippen LogP contribution in [-0.4, -0.2) is 32.3 Å². The highest BCUT2D eigenvalue weighted by atomic mass is 16.5. The lowest BCUT2D eigenvalue weighted by Crippen LogP contribution is -2.14. The Morgan fingerprint density at radius 3 is 2.41 bits per heavy atom. The van der Waals surface area contributed by atoms with Gasteiger partial charge in [0.05, 0.1) is 18.8 Å². The highest BCUT2D eigenvalue weighted by Crippen LogP contribution is 2.21. The molecular weight excluding hydrogens is 342 g/mol. The minimum absolute atomic E-state index is 0.194. The third kappa shape index (κ3) is 7.31. The maximum Gasteiger partial charge on any atom is 0.259 e. The third-order valence-corrected chi connectivity index (χ3v) is 3.90. The first-order chi connectivity index (χ1) is 13.1. The largest absolute Gasteiger partial charge is 0.493 e. The van der Waals surface area contributed by atoms with E-state index in [0.717, 1.165) is 12.2 Å². The fraction of sp³-hybridized carbons (Fsp3) is 0.409. The van der Waals surface area contributed by atoms with Gasteiger partial charge in [0.25, 0.3) is 5.91 Å². The molecule has 27 heavy (non-hydrogen) atoms. The molecule has 1 N–H and O–H groups in total. The van der Waals surface area contributed by atoms with Gasteiger partial charge in [-0.1, -0.05) is 26.0 Å². The molecule has 0 aromatic heterocycles. The molecule has 5 heteroatoms. The summed E-state index contributed by atoms with van der Waals surface area (Å²) in [5.74, 6) is 1.71. The van der Waals surface area contributed by atoms with Crippen LogP contribution in [0.3, 0.4) is 0 Å². The summed E-state index contributed by atoms with van der Waals surface area (Å²) >= 11 is 0. The minimum atomic E-state index is -0.194. The van der Waals surface area contributed by atoms with E-state index >= 15 is 0 Å². The van der Waals surface area contributed by atoms with E-state index in [0.29, 0.717) is 49.3 Å². The van der Waals surface area contributed by atoms with Crippen molar-refractivity contribution < 1.29 is 19.0 Å². The van der Waals surface area contributed by atoms with Crippen molar-refractivity contribution in [1.82, 2.24) is 0 Å². The second-order valence-electron chi connectivity index (χ2n) is 6.55. The van der Waals surface area contributed by atoms with Gasteiger partial charge >= 0.3 is 0 Å². The predicted octanol–water partition coefficient (Wildman–Crippen LogP) is 4.78. The summed E-state index contributed by atoms with van der Waals surface area (Å²) in [6.07, 6.45) is 0.945. The average molecular weight is 371 g/mol. The molecule has 2 aromatic rings. The highest BCUT2D eigenvalue weighted by Gasteiger charge is 2.12. The summed E-state index contributed by atoms with van der Waals surface area (Å²) in [6, 6.07) is 14.6. The van der Waals surface area contributed by atoms with Crippen LogP contribution in [0.5, 0.6) is 11.5 Å². The van der Waals surface area contributed by atoms with Gasteiger partial charge < -0.3 is 19.5 Å². The molecular formula is C22H29NO4. The van der Waals surface area contributed by atoms with E-state index in [1.807, 2.05) is 49.4 Å². The monoisotopic (exact) mass is 371 g/mol. The summed E-state index contributed by atoms with van der Waals surface area (Å²) in [5.41, 5.74) is 1.23. The van der Waals surface area contributed by atoms with Gasteiger partial charge in [0.1, 0.15) is 18.1 Å². The summed E-state index contributed by atoms with van der Waals surface area (Å²) < 4.78 is 16.6. The second kappa shape index (κ2) is 11.2. The summed E-state index contributed by atoms with van der Waals surface area (Å²) in [7, 11) is 0. The number of hydrogen-bond donors (Lipinski definition) is 1. The maximum atomic E-state index is 12.6. The number of hydrogen-bond acceptors (Lipinski definition) is 4. The molecule has 0 atom stereocenters. The lowest BCUT2D eigenvalue weighted by Gasteiger charge is -2.13. The lowest BCUT2D eigenvalue weighted by atomic mass is 10.1. The Labute approximate surface area is 161 Å². The van der Waals surface area contributed by atoms with E-state index in [1.54, 1.807) is 6.07 Å². The van der Waals surface area contributed by atoms with Crippen LogP contribution in [0.25, 0.3) is 0 Å². The molecule has 2 rings (SSSR count). The van der Waals surface area contributed by atoms with Crippen LogP contribution >= 0.6 is 0 Å². The molecule has 0 spiro atoms. The van der Waals surface area contributed by atoms with Crippen molar-refractivity contribution in [2.75, 3.05) is 31.7 Å². The molecule has 5 nitrogen and oxygen atoms in total. The average Bonchev–Trinajstić information content (AvgIpc) is 2.66. The standard InChI is InChI=1S/C22H29NO4/c1-4-25-15-16-26-19-11-9-18(10-12-19)23-22(24)20-7-5-6-8-21(20)27-14-13-17(2)3/h5-12,17H,4,13-16H2,1-3H3,(H,23,24). The number of ether oxygens (including phenoxy) is 3. The van der Waals surface area contributed by atoms with Crippen molar-refractivity contribution in [3.05, 3.63) is 54.1 Å². The van der Waals surface area contributed by atoms with Gasteiger partial charge in [0.15, 0.2) is 0 Å². The van der Waals surface area contributed by atoms with Gasteiger partial charge in [-0.15, -0.1) is 0 Å². The van der Waals surface area contributed by atoms with E-state index in [1.165, 1.54) is 0 Å². The van der Waals surface area contributed by atoms with Crippen molar-refractivity contribution in [2.45, 2.75) is 27.2 Å². The molecule has 146 valence electrons. The molecule has 0 heterocycles. The van der Waals surface area contributed by atoms with Crippen LogP contribution in [-0.2, 0) is 4.74 Å². The Morgan fingerprint density at radius 2 is 1.70 bits per heavy atom. The molecule has 0 aliphatic rings. The van der Waals surface area contributed by atoms with Crippen LogP contribution < -0.4 is 14.8 Å². The molecule has 0 saturated heterocycles. The number of amides is 1. The van der Waals surface area contributed by atoms with E-state index in [4.69, 9.17) is 14.2 Å². The topological polar surface area (TPSA) is 56.8 Å². The normalized spacial score (nSPS) is 10.7. The summed E-state index contributed by atoms with van der Waals surface area (Å²) in [5, 5.41) is 2.90. The Balaban J connectivity index is 1.93. The smallest absolute Gasteiger partial charge is 0.259 e. The Bertz CT molecular complexity index is 698. The molecule has 0 saturated carbocycles. The number of carbonyl (C=O) groups is 1. The number of para-hydroxylation sites is 1.